The van der Waals surface area contributed by atoms with E-state index in [2.05, 4.69) is 0 Å². The summed E-state index contributed by atoms with van der Waals surface area (Å²) in [6, 6.07) is 5.29. The molecule has 1 heterocycles. The molecule has 1 fully saturated rings. The predicted molar refractivity (Wildman–Crippen MR) is 83.6 cm³/mol. The van der Waals surface area contributed by atoms with Crippen LogP contribution < -0.4 is 10.6 Å². The Hall–Kier alpha value is -1.75. The number of nitrogens with zero attached hydrogens (tertiary/aromatic N) is 1. The van der Waals surface area contributed by atoms with E-state index in [1.807, 2.05) is 38.9 Å². The SMILES string of the molecule is CC1CC(OC(=O)c2cc(N)ccc2N(C)C)CC(C)O1. The van der Waals surface area contributed by atoms with Crippen molar-refractivity contribution in [2.24, 2.45) is 0 Å². The summed E-state index contributed by atoms with van der Waals surface area (Å²) in [6.45, 7) is 4.00. The Morgan fingerprint density at radius 2 is 1.90 bits per heavy atom. The smallest absolute Gasteiger partial charge is 0.340 e. The van der Waals surface area contributed by atoms with Gasteiger partial charge >= 0.3 is 5.97 Å². The molecular weight excluding hydrogens is 268 g/mol. The fourth-order valence-corrected chi connectivity index (χ4v) is 2.76. The van der Waals surface area contributed by atoms with Gasteiger partial charge in [-0.05, 0) is 32.0 Å². The first-order valence-electron chi connectivity index (χ1n) is 7.30. The Bertz CT molecular complexity index is 506. The molecule has 0 saturated carbocycles. The Labute approximate surface area is 126 Å². The molecule has 0 bridgehead atoms. The van der Waals surface area contributed by atoms with Crippen LogP contribution in [0.15, 0.2) is 18.2 Å². The zero-order valence-corrected chi connectivity index (χ0v) is 13.1. The van der Waals surface area contributed by atoms with E-state index in [0.29, 0.717) is 11.3 Å². The number of carbonyl (C=O) groups excluding carboxylic acids is 1. The van der Waals surface area contributed by atoms with Crippen molar-refractivity contribution in [2.75, 3.05) is 24.7 Å². The van der Waals surface area contributed by atoms with E-state index in [0.717, 1.165) is 18.5 Å². The molecule has 2 atom stereocenters. The fourth-order valence-electron chi connectivity index (χ4n) is 2.76. The molecule has 116 valence electrons. The van der Waals surface area contributed by atoms with Gasteiger partial charge in [0.15, 0.2) is 0 Å². The third-order valence-corrected chi connectivity index (χ3v) is 3.65. The van der Waals surface area contributed by atoms with E-state index in [9.17, 15) is 4.79 Å². The van der Waals surface area contributed by atoms with Gasteiger partial charge < -0.3 is 20.1 Å². The predicted octanol–water partition coefficient (Wildman–Crippen LogP) is 2.45. The first kappa shape index (κ1) is 15.6. The lowest BCUT2D eigenvalue weighted by Gasteiger charge is -2.32. The van der Waals surface area contributed by atoms with Crippen LogP contribution in [-0.4, -0.2) is 38.4 Å². The van der Waals surface area contributed by atoms with E-state index < -0.39 is 0 Å². The first-order valence-corrected chi connectivity index (χ1v) is 7.30. The lowest BCUT2D eigenvalue weighted by molar-refractivity contribution is -0.0855. The number of nitrogens with two attached hydrogens (primary N) is 1. The monoisotopic (exact) mass is 292 g/mol. The number of benzene rings is 1. The molecule has 5 heteroatoms. The number of anilines is 2. The van der Waals surface area contributed by atoms with Crippen LogP contribution in [0.25, 0.3) is 0 Å². The molecule has 1 aromatic rings. The molecule has 1 saturated heterocycles. The van der Waals surface area contributed by atoms with Gasteiger partial charge in [0.25, 0.3) is 0 Å². The highest BCUT2D eigenvalue weighted by Gasteiger charge is 2.28. The minimum Gasteiger partial charge on any atom is -0.459 e. The van der Waals surface area contributed by atoms with Crippen molar-refractivity contribution in [1.82, 2.24) is 0 Å². The van der Waals surface area contributed by atoms with Crippen LogP contribution in [0.1, 0.15) is 37.0 Å². The molecule has 5 nitrogen and oxygen atoms in total. The van der Waals surface area contributed by atoms with Gasteiger partial charge in [-0.1, -0.05) is 0 Å². The molecule has 1 aromatic carbocycles. The molecule has 2 unspecified atom stereocenters. The molecule has 1 aliphatic rings. The Morgan fingerprint density at radius 1 is 1.29 bits per heavy atom. The molecule has 0 aromatic heterocycles. The van der Waals surface area contributed by atoms with E-state index in [-0.39, 0.29) is 24.3 Å². The molecule has 0 aliphatic carbocycles. The second-order valence-corrected chi connectivity index (χ2v) is 5.93. The topological polar surface area (TPSA) is 64.8 Å². The summed E-state index contributed by atoms with van der Waals surface area (Å²) in [7, 11) is 3.78. The van der Waals surface area contributed by atoms with Crippen LogP contribution in [0, 0.1) is 0 Å². The maximum atomic E-state index is 12.5. The summed E-state index contributed by atoms with van der Waals surface area (Å²) >= 11 is 0. The molecule has 21 heavy (non-hydrogen) atoms. The van der Waals surface area contributed by atoms with Gasteiger partial charge in [0.2, 0.25) is 0 Å². The zero-order chi connectivity index (χ0) is 15.6. The third-order valence-electron chi connectivity index (χ3n) is 3.65. The number of rotatable bonds is 3. The number of nitrogen functional groups attached to an aromatic ring is 1. The van der Waals surface area contributed by atoms with Gasteiger partial charge in [0, 0.05) is 32.6 Å². The first-order chi connectivity index (χ1) is 9.86. The molecule has 1 aliphatic heterocycles. The number of hydrogen-bond donors (Lipinski definition) is 1. The van der Waals surface area contributed by atoms with Crippen LogP contribution in [-0.2, 0) is 9.47 Å². The number of ether oxygens (including phenoxy) is 2. The van der Waals surface area contributed by atoms with Gasteiger partial charge in [0.1, 0.15) is 6.10 Å². The fraction of sp³-hybridized carbons (Fsp3) is 0.562. The van der Waals surface area contributed by atoms with Gasteiger partial charge in [-0.3, -0.25) is 0 Å². The van der Waals surface area contributed by atoms with Crippen molar-refractivity contribution >= 4 is 17.3 Å². The molecular formula is C16H24N2O3. The van der Waals surface area contributed by atoms with Gasteiger partial charge in [0.05, 0.1) is 23.5 Å². The van der Waals surface area contributed by atoms with Gasteiger partial charge in [-0.15, -0.1) is 0 Å². The molecule has 0 radical (unpaired) electrons. The lowest BCUT2D eigenvalue weighted by Crippen LogP contribution is -2.35. The van der Waals surface area contributed by atoms with Crippen molar-refractivity contribution < 1.29 is 14.3 Å². The van der Waals surface area contributed by atoms with Crippen LogP contribution in [0.5, 0.6) is 0 Å². The van der Waals surface area contributed by atoms with Crippen LogP contribution in [0.3, 0.4) is 0 Å². The van der Waals surface area contributed by atoms with Crippen LogP contribution in [0.4, 0.5) is 11.4 Å². The highest BCUT2D eigenvalue weighted by Crippen LogP contribution is 2.26. The summed E-state index contributed by atoms with van der Waals surface area (Å²) in [5, 5.41) is 0. The largest absolute Gasteiger partial charge is 0.459 e. The lowest BCUT2D eigenvalue weighted by atomic mass is 10.0. The molecule has 2 N–H and O–H groups in total. The van der Waals surface area contributed by atoms with E-state index >= 15 is 0 Å². The summed E-state index contributed by atoms with van der Waals surface area (Å²) in [5.74, 6) is -0.322. The maximum Gasteiger partial charge on any atom is 0.340 e. The van der Waals surface area contributed by atoms with E-state index in [1.165, 1.54) is 0 Å². The normalized spacial score (nSPS) is 25.4. The van der Waals surface area contributed by atoms with E-state index in [1.54, 1.807) is 12.1 Å². The highest BCUT2D eigenvalue weighted by atomic mass is 16.6. The summed E-state index contributed by atoms with van der Waals surface area (Å²) < 4.78 is 11.3. The Balaban J connectivity index is 2.15. The maximum absolute atomic E-state index is 12.5. The Kier molecular flexibility index (Phi) is 4.73. The number of esters is 1. The summed E-state index contributed by atoms with van der Waals surface area (Å²) in [4.78, 5) is 14.3. The van der Waals surface area contributed by atoms with Gasteiger partial charge in [-0.25, -0.2) is 4.79 Å². The molecule has 2 rings (SSSR count). The van der Waals surface area contributed by atoms with E-state index in [4.69, 9.17) is 15.2 Å². The van der Waals surface area contributed by atoms with Crippen LogP contribution >= 0.6 is 0 Å². The van der Waals surface area contributed by atoms with Crippen molar-refractivity contribution in [3.8, 4) is 0 Å². The van der Waals surface area contributed by atoms with Crippen molar-refractivity contribution in [3.05, 3.63) is 23.8 Å². The third kappa shape index (κ3) is 3.88. The average Bonchev–Trinajstić information content (AvgIpc) is 2.36. The summed E-state index contributed by atoms with van der Waals surface area (Å²) in [5.41, 5.74) is 7.67. The standard InChI is InChI=1S/C16H24N2O3/c1-10-7-13(8-11(2)20-10)21-16(19)14-9-12(17)5-6-15(14)18(3)4/h5-6,9-11,13H,7-8,17H2,1-4H3. The molecule has 0 spiro atoms. The van der Waals surface area contributed by atoms with Crippen LogP contribution in [0.2, 0.25) is 0 Å². The minimum atomic E-state index is -0.322. The van der Waals surface area contributed by atoms with Crippen molar-refractivity contribution in [1.29, 1.82) is 0 Å². The number of carbonyl (C=O) groups is 1. The molecule has 0 amide bonds. The Morgan fingerprint density at radius 3 is 2.48 bits per heavy atom. The minimum absolute atomic E-state index is 0.104. The zero-order valence-electron chi connectivity index (χ0n) is 13.1. The average molecular weight is 292 g/mol. The quantitative estimate of drug-likeness (QED) is 0.685. The summed E-state index contributed by atoms with van der Waals surface area (Å²) in [6.07, 6.45) is 1.58. The highest BCUT2D eigenvalue weighted by molar-refractivity contribution is 5.97. The second-order valence-electron chi connectivity index (χ2n) is 5.93. The number of hydrogen-bond acceptors (Lipinski definition) is 5. The van der Waals surface area contributed by atoms with Crippen molar-refractivity contribution in [3.63, 3.8) is 0 Å². The van der Waals surface area contributed by atoms with Gasteiger partial charge in [-0.2, -0.15) is 0 Å². The second kappa shape index (κ2) is 6.35. The van der Waals surface area contributed by atoms with Crippen molar-refractivity contribution in [2.45, 2.75) is 45.0 Å².